The number of allylic oxidation sites excluding steroid dienone is 2. The number of rotatable bonds is 5. The summed E-state index contributed by atoms with van der Waals surface area (Å²) >= 11 is 0. The van der Waals surface area contributed by atoms with Crippen molar-refractivity contribution in [3.63, 3.8) is 0 Å². The van der Waals surface area contributed by atoms with Crippen molar-refractivity contribution in [2.24, 2.45) is 0 Å². The number of carbonyl (C=O) groups is 1. The van der Waals surface area contributed by atoms with Gasteiger partial charge in [0.1, 0.15) is 5.75 Å². The molecule has 5 N–H and O–H groups in total. The molecule has 0 saturated heterocycles. The summed E-state index contributed by atoms with van der Waals surface area (Å²) < 4.78 is 11.1. The molecule has 0 aromatic heterocycles. The summed E-state index contributed by atoms with van der Waals surface area (Å²) in [5.74, 6) is -0.475. The number of ketones is 1. The SMILES string of the molecule is O=C1C=CCC(NP(=O)(O)O)=C1C(O)Cc1cccc(O)c1. The van der Waals surface area contributed by atoms with Crippen LogP contribution in [0, 0.1) is 0 Å². The molecule has 0 aliphatic heterocycles. The van der Waals surface area contributed by atoms with Crippen LogP contribution in [0.1, 0.15) is 12.0 Å². The van der Waals surface area contributed by atoms with Crippen LogP contribution in [0.25, 0.3) is 0 Å². The molecule has 0 saturated carbocycles. The van der Waals surface area contributed by atoms with E-state index in [-0.39, 0.29) is 29.9 Å². The lowest BCUT2D eigenvalue weighted by Gasteiger charge is -2.22. The number of hydrogen-bond acceptors (Lipinski definition) is 4. The molecule has 8 heteroatoms. The zero-order chi connectivity index (χ0) is 16.3. The van der Waals surface area contributed by atoms with Gasteiger partial charge in [0, 0.05) is 24.1 Å². The van der Waals surface area contributed by atoms with Crippen LogP contribution in [0.5, 0.6) is 5.75 Å². The summed E-state index contributed by atoms with van der Waals surface area (Å²) in [6.07, 6.45) is 1.63. The molecular weight excluding hydrogens is 309 g/mol. The molecule has 0 spiro atoms. The Hall–Kier alpha value is -1.92. The van der Waals surface area contributed by atoms with Gasteiger partial charge < -0.3 is 20.0 Å². The molecule has 2 rings (SSSR count). The molecule has 118 valence electrons. The normalized spacial score (nSPS) is 16.8. The molecule has 1 aromatic rings. The average Bonchev–Trinajstić information content (AvgIpc) is 2.36. The van der Waals surface area contributed by atoms with E-state index in [2.05, 4.69) is 0 Å². The van der Waals surface area contributed by atoms with Gasteiger partial charge in [0.15, 0.2) is 5.78 Å². The maximum atomic E-state index is 11.9. The fourth-order valence-electron chi connectivity index (χ4n) is 2.29. The predicted octanol–water partition coefficient (Wildman–Crippen LogP) is 0.761. The first-order valence-corrected chi connectivity index (χ1v) is 8.11. The van der Waals surface area contributed by atoms with E-state index in [1.54, 1.807) is 12.1 Å². The highest BCUT2D eigenvalue weighted by Gasteiger charge is 2.27. The summed E-state index contributed by atoms with van der Waals surface area (Å²) in [6.45, 7) is 0. The highest BCUT2D eigenvalue weighted by atomic mass is 31.2. The lowest BCUT2D eigenvalue weighted by molar-refractivity contribution is -0.112. The second-order valence-electron chi connectivity index (χ2n) is 4.91. The average molecular weight is 325 g/mol. The number of benzene rings is 1. The van der Waals surface area contributed by atoms with E-state index in [4.69, 9.17) is 9.79 Å². The second-order valence-corrected chi connectivity index (χ2v) is 6.22. The molecule has 22 heavy (non-hydrogen) atoms. The molecule has 0 amide bonds. The second kappa shape index (κ2) is 6.46. The van der Waals surface area contributed by atoms with E-state index >= 15 is 0 Å². The van der Waals surface area contributed by atoms with Crippen LogP contribution in [0.15, 0.2) is 47.7 Å². The summed E-state index contributed by atoms with van der Waals surface area (Å²) in [5, 5.41) is 21.7. The minimum Gasteiger partial charge on any atom is -0.508 e. The molecule has 1 unspecified atom stereocenters. The van der Waals surface area contributed by atoms with Gasteiger partial charge in [0.25, 0.3) is 0 Å². The predicted molar refractivity (Wildman–Crippen MR) is 78.8 cm³/mol. The number of aromatic hydroxyl groups is 1. The third kappa shape index (κ3) is 4.29. The molecule has 0 bridgehead atoms. The monoisotopic (exact) mass is 325 g/mol. The summed E-state index contributed by atoms with van der Waals surface area (Å²) in [5.41, 5.74) is 0.528. The van der Waals surface area contributed by atoms with Crippen LogP contribution >= 0.6 is 7.75 Å². The minimum absolute atomic E-state index is 0.00786. The van der Waals surface area contributed by atoms with Gasteiger partial charge in [-0.3, -0.25) is 9.88 Å². The molecule has 0 radical (unpaired) electrons. The molecule has 1 atom stereocenters. The van der Waals surface area contributed by atoms with Crippen molar-refractivity contribution < 1.29 is 29.4 Å². The van der Waals surface area contributed by atoms with Crippen LogP contribution < -0.4 is 5.09 Å². The first-order valence-electron chi connectivity index (χ1n) is 6.50. The number of phenols is 1. The zero-order valence-corrected chi connectivity index (χ0v) is 12.4. The molecular formula is C14H16NO6P. The summed E-state index contributed by atoms with van der Waals surface area (Å²) in [7, 11) is -4.57. The maximum Gasteiger partial charge on any atom is 0.427 e. The quantitative estimate of drug-likeness (QED) is 0.506. The maximum absolute atomic E-state index is 11.9. The van der Waals surface area contributed by atoms with Gasteiger partial charge in [0.2, 0.25) is 0 Å². The molecule has 1 aliphatic rings. The third-order valence-electron chi connectivity index (χ3n) is 3.14. The van der Waals surface area contributed by atoms with Crippen LogP contribution in [-0.4, -0.2) is 31.9 Å². The highest BCUT2D eigenvalue weighted by molar-refractivity contribution is 7.49. The lowest BCUT2D eigenvalue weighted by atomic mass is 9.92. The van der Waals surface area contributed by atoms with Gasteiger partial charge in [0.05, 0.1) is 6.10 Å². The van der Waals surface area contributed by atoms with Crippen molar-refractivity contribution in [3.05, 3.63) is 53.3 Å². The zero-order valence-electron chi connectivity index (χ0n) is 11.5. The fraction of sp³-hybridized carbons (Fsp3) is 0.214. The largest absolute Gasteiger partial charge is 0.508 e. The van der Waals surface area contributed by atoms with E-state index < -0.39 is 19.6 Å². The minimum atomic E-state index is -4.57. The Morgan fingerprint density at radius 1 is 1.32 bits per heavy atom. The Balaban J connectivity index is 2.28. The number of phenolic OH excluding ortho intramolecular Hbond substituents is 1. The van der Waals surface area contributed by atoms with Gasteiger partial charge in [-0.05, 0) is 23.8 Å². The van der Waals surface area contributed by atoms with Crippen LogP contribution in [-0.2, 0) is 15.8 Å². The smallest absolute Gasteiger partial charge is 0.427 e. The van der Waals surface area contributed by atoms with Crippen molar-refractivity contribution >= 4 is 13.5 Å². The molecule has 0 fully saturated rings. The number of carbonyl (C=O) groups excluding carboxylic acids is 1. The van der Waals surface area contributed by atoms with E-state index in [0.717, 1.165) is 0 Å². The third-order valence-corrected chi connectivity index (χ3v) is 3.70. The highest BCUT2D eigenvalue weighted by Crippen LogP contribution is 2.34. The lowest BCUT2D eigenvalue weighted by Crippen LogP contribution is -2.27. The molecule has 7 nitrogen and oxygen atoms in total. The van der Waals surface area contributed by atoms with Crippen molar-refractivity contribution in [1.29, 1.82) is 0 Å². The summed E-state index contributed by atoms with van der Waals surface area (Å²) in [6, 6.07) is 6.19. The number of hydrogen-bond donors (Lipinski definition) is 5. The van der Waals surface area contributed by atoms with Crippen molar-refractivity contribution in [2.45, 2.75) is 18.9 Å². The summed E-state index contributed by atoms with van der Waals surface area (Å²) in [4.78, 5) is 29.9. The molecule has 0 heterocycles. The Bertz CT molecular complexity index is 690. The number of nitrogens with one attached hydrogen (secondary N) is 1. The number of aliphatic hydroxyl groups excluding tert-OH is 1. The van der Waals surface area contributed by atoms with E-state index in [1.165, 1.54) is 24.3 Å². The van der Waals surface area contributed by atoms with E-state index in [1.807, 2.05) is 5.09 Å². The first-order chi connectivity index (χ1) is 10.3. The Morgan fingerprint density at radius 3 is 2.68 bits per heavy atom. The van der Waals surface area contributed by atoms with Gasteiger partial charge >= 0.3 is 7.75 Å². The Labute approximate surface area is 126 Å². The standard InChI is InChI=1S/C14H16NO6P/c16-10-4-1-3-9(7-10)8-13(18)14-11(15-22(19,20)21)5-2-6-12(14)17/h1-4,6-7,13,16,18H,5,8H2,(H3,15,19,20,21). The van der Waals surface area contributed by atoms with E-state index in [9.17, 15) is 19.6 Å². The van der Waals surface area contributed by atoms with Crippen LogP contribution in [0.3, 0.4) is 0 Å². The van der Waals surface area contributed by atoms with Gasteiger partial charge in [-0.25, -0.2) is 4.57 Å². The Kier molecular flexibility index (Phi) is 4.83. The van der Waals surface area contributed by atoms with Gasteiger partial charge in [-0.1, -0.05) is 18.2 Å². The fourth-order valence-corrected chi connectivity index (χ4v) is 2.85. The van der Waals surface area contributed by atoms with Crippen molar-refractivity contribution in [2.75, 3.05) is 0 Å². The van der Waals surface area contributed by atoms with Crippen molar-refractivity contribution in [1.82, 2.24) is 5.09 Å². The number of aliphatic hydroxyl groups is 1. The molecule has 1 aromatic carbocycles. The Morgan fingerprint density at radius 2 is 2.05 bits per heavy atom. The molecule has 1 aliphatic carbocycles. The van der Waals surface area contributed by atoms with Gasteiger partial charge in [-0.2, -0.15) is 0 Å². The van der Waals surface area contributed by atoms with Crippen LogP contribution in [0.4, 0.5) is 0 Å². The first kappa shape index (κ1) is 16.5. The topological polar surface area (TPSA) is 127 Å². The van der Waals surface area contributed by atoms with Crippen LogP contribution in [0.2, 0.25) is 0 Å². The van der Waals surface area contributed by atoms with Crippen molar-refractivity contribution in [3.8, 4) is 5.75 Å². The van der Waals surface area contributed by atoms with Gasteiger partial charge in [-0.15, -0.1) is 0 Å². The van der Waals surface area contributed by atoms with E-state index in [0.29, 0.717) is 5.56 Å².